The summed E-state index contributed by atoms with van der Waals surface area (Å²) in [5, 5.41) is 13.2. The summed E-state index contributed by atoms with van der Waals surface area (Å²) in [5.41, 5.74) is 0.811. The number of carbonyl (C=O) groups is 1. The van der Waals surface area contributed by atoms with Crippen molar-refractivity contribution in [1.82, 2.24) is 9.61 Å². The molecule has 0 saturated heterocycles. The lowest BCUT2D eigenvalue weighted by atomic mass is 9.86. The molecule has 0 fully saturated rings. The number of hydrogen-bond acceptors (Lipinski definition) is 2. The number of rotatable bonds is 2. The summed E-state index contributed by atoms with van der Waals surface area (Å²) in [6.07, 6.45) is 3.44. The SMILES string of the molecule is CC(C)(C(=O)O)c1ccc2ccnn2c1. The molecule has 0 spiro atoms. The first-order valence-corrected chi connectivity index (χ1v) is 4.69. The first-order valence-electron chi connectivity index (χ1n) is 4.69. The van der Waals surface area contributed by atoms with E-state index in [1.54, 1.807) is 30.8 Å². The third-order valence-electron chi connectivity index (χ3n) is 2.65. The van der Waals surface area contributed by atoms with Crippen LogP contribution in [-0.2, 0) is 10.2 Å². The van der Waals surface area contributed by atoms with E-state index in [1.165, 1.54) is 0 Å². The smallest absolute Gasteiger partial charge is 0.313 e. The molecule has 0 bridgehead atoms. The van der Waals surface area contributed by atoms with Gasteiger partial charge < -0.3 is 5.11 Å². The van der Waals surface area contributed by atoms with Gasteiger partial charge in [0.05, 0.1) is 10.9 Å². The maximum absolute atomic E-state index is 11.1. The molecule has 4 heteroatoms. The van der Waals surface area contributed by atoms with Gasteiger partial charge in [-0.1, -0.05) is 6.07 Å². The lowest BCUT2D eigenvalue weighted by molar-refractivity contribution is -0.142. The third kappa shape index (κ3) is 1.48. The molecule has 1 N–H and O–H groups in total. The second kappa shape index (κ2) is 3.08. The van der Waals surface area contributed by atoms with E-state index in [0.717, 1.165) is 11.1 Å². The van der Waals surface area contributed by atoms with Gasteiger partial charge in [-0.3, -0.25) is 4.79 Å². The molecule has 0 unspecified atom stereocenters. The lowest BCUT2D eigenvalue weighted by Crippen LogP contribution is -2.28. The minimum absolute atomic E-state index is 0.742. The fourth-order valence-corrected chi connectivity index (χ4v) is 1.41. The molecule has 2 heterocycles. The zero-order valence-corrected chi connectivity index (χ0v) is 8.64. The van der Waals surface area contributed by atoms with Crippen molar-refractivity contribution in [3.05, 3.63) is 36.2 Å². The topological polar surface area (TPSA) is 54.6 Å². The van der Waals surface area contributed by atoms with Gasteiger partial charge in [0.25, 0.3) is 0 Å². The number of carboxylic acids is 1. The van der Waals surface area contributed by atoms with E-state index in [2.05, 4.69) is 5.10 Å². The number of hydrogen-bond donors (Lipinski definition) is 1. The first kappa shape index (κ1) is 9.71. The second-order valence-corrected chi connectivity index (χ2v) is 4.05. The molecule has 0 radical (unpaired) electrons. The van der Waals surface area contributed by atoms with Crippen LogP contribution in [0.1, 0.15) is 19.4 Å². The highest BCUT2D eigenvalue weighted by Gasteiger charge is 2.29. The highest BCUT2D eigenvalue weighted by Crippen LogP contribution is 2.23. The summed E-state index contributed by atoms with van der Waals surface area (Å²) in [4.78, 5) is 11.1. The Morgan fingerprint density at radius 1 is 1.40 bits per heavy atom. The van der Waals surface area contributed by atoms with Gasteiger partial charge >= 0.3 is 5.97 Å². The van der Waals surface area contributed by atoms with Crippen molar-refractivity contribution < 1.29 is 9.90 Å². The second-order valence-electron chi connectivity index (χ2n) is 4.05. The Labute approximate surface area is 87.2 Å². The van der Waals surface area contributed by atoms with E-state index < -0.39 is 11.4 Å². The van der Waals surface area contributed by atoms with Crippen molar-refractivity contribution >= 4 is 11.5 Å². The van der Waals surface area contributed by atoms with Crippen molar-refractivity contribution in [3.63, 3.8) is 0 Å². The summed E-state index contributed by atoms with van der Waals surface area (Å²) in [5.74, 6) is -0.839. The zero-order valence-electron chi connectivity index (χ0n) is 8.64. The van der Waals surface area contributed by atoms with Crippen molar-refractivity contribution in [2.75, 3.05) is 0 Å². The van der Waals surface area contributed by atoms with E-state index in [9.17, 15) is 4.79 Å². The minimum atomic E-state index is -0.889. The van der Waals surface area contributed by atoms with Crippen LogP contribution in [-0.4, -0.2) is 20.7 Å². The molecule has 0 amide bonds. The van der Waals surface area contributed by atoms with E-state index in [1.807, 2.05) is 18.2 Å². The molecule has 0 aromatic carbocycles. The fourth-order valence-electron chi connectivity index (χ4n) is 1.41. The quantitative estimate of drug-likeness (QED) is 0.810. The van der Waals surface area contributed by atoms with Gasteiger partial charge in [0.15, 0.2) is 0 Å². The molecule has 0 aliphatic rings. The van der Waals surface area contributed by atoms with E-state index in [0.29, 0.717) is 0 Å². The molecule has 2 rings (SSSR count). The Morgan fingerprint density at radius 3 is 2.80 bits per heavy atom. The molecule has 0 atom stereocenters. The lowest BCUT2D eigenvalue weighted by Gasteiger charge is -2.19. The van der Waals surface area contributed by atoms with Crippen LogP contribution in [0.4, 0.5) is 0 Å². The summed E-state index contributed by atoms with van der Waals surface area (Å²) in [6, 6.07) is 5.57. The Balaban J connectivity index is 2.57. The Kier molecular flexibility index (Phi) is 2.00. The third-order valence-corrected chi connectivity index (χ3v) is 2.65. The molecule has 0 saturated carbocycles. The average Bonchev–Trinajstić information content (AvgIpc) is 2.63. The number of pyridine rings is 1. The summed E-state index contributed by atoms with van der Waals surface area (Å²) in [6.45, 7) is 3.36. The molecule has 78 valence electrons. The van der Waals surface area contributed by atoms with Gasteiger partial charge in [-0.05, 0) is 31.5 Å². The van der Waals surface area contributed by atoms with Gasteiger partial charge in [0, 0.05) is 12.4 Å². The van der Waals surface area contributed by atoms with Crippen LogP contribution >= 0.6 is 0 Å². The highest BCUT2D eigenvalue weighted by atomic mass is 16.4. The van der Waals surface area contributed by atoms with Gasteiger partial charge in [0.2, 0.25) is 0 Å². The zero-order chi connectivity index (χ0) is 11.1. The Bertz CT molecular complexity index is 514. The van der Waals surface area contributed by atoms with Crippen molar-refractivity contribution in [2.24, 2.45) is 0 Å². The van der Waals surface area contributed by atoms with Crippen LogP contribution < -0.4 is 0 Å². The molecule has 2 aromatic rings. The summed E-state index contributed by atoms with van der Waals surface area (Å²) in [7, 11) is 0. The molecule has 0 aliphatic heterocycles. The van der Waals surface area contributed by atoms with E-state index >= 15 is 0 Å². The van der Waals surface area contributed by atoms with Crippen molar-refractivity contribution in [2.45, 2.75) is 19.3 Å². The predicted molar refractivity (Wildman–Crippen MR) is 55.9 cm³/mol. The molecule has 2 aromatic heterocycles. The van der Waals surface area contributed by atoms with Gasteiger partial charge in [-0.25, -0.2) is 4.52 Å². The summed E-state index contributed by atoms with van der Waals surface area (Å²) >= 11 is 0. The number of fused-ring (bicyclic) bond motifs is 1. The highest BCUT2D eigenvalue weighted by molar-refractivity contribution is 5.80. The molecular weight excluding hydrogens is 192 g/mol. The van der Waals surface area contributed by atoms with E-state index in [4.69, 9.17) is 5.11 Å². The molecule has 0 aliphatic carbocycles. The molecular formula is C11H12N2O2. The Morgan fingerprint density at radius 2 is 2.13 bits per heavy atom. The predicted octanol–water partition coefficient (Wildman–Crippen LogP) is 1.70. The van der Waals surface area contributed by atoms with E-state index in [-0.39, 0.29) is 0 Å². The van der Waals surface area contributed by atoms with Crippen LogP contribution in [0.15, 0.2) is 30.6 Å². The Hall–Kier alpha value is -1.84. The standard InChI is InChI=1S/C11H12N2O2/c1-11(2,10(14)15)8-3-4-9-5-6-12-13(9)7-8/h3-7H,1-2H3,(H,14,15). The maximum atomic E-state index is 11.1. The normalized spacial score (nSPS) is 11.9. The van der Waals surface area contributed by atoms with Crippen LogP contribution in [0, 0.1) is 0 Å². The monoisotopic (exact) mass is 204 g/mol. The van der Waals surface area contributed by atoms with Crippen LogP contribution in [0.25, 0.3) is 5.52 Å². The number of aromatic nitrogens is 2. The maximum Gasteiger partial charge on any atom is 0.313 e. The number of nitrogens with zero attached hydrogens (tertiary/aromatic N) is 2. The van der Waals surface area contributed by atoms with Gasteiger partial charge in [0.1, 0.15) is 0 Å². The number of carboxylic acid groups (broad SMARTS) is 1. The average molecular weight is 204 g/mol. The fraction of sp³-hybridized carbons (Fsp3) is 0.273. The summed E-state index contributed by atoms with van der Waals surface area (Å²) < 4.78 is 1.68. The van der Waals surface area contributed by atoms with Gasteiger partial charge in [-0.15, -0.1) is 0 Å². The largest absolute Gasteiger partial charge is 0.481 e. The molecule has 15 heavy (non-hydrogen) atoms. The van der Waals surface area contributed by atoms with Crippen molar-refractivity contribution in [3.8, 4) is 0 Å². The van der Waals surface area contributed by atoms with Crippen LogP contribution in [0.2, 0.25) is 0 Å². The van der Waals surface area contributed by atoms with Gasteiger partial charge in [-0.2, -0.15) is 5.10 Å². The van der Waals surface area contributed by atoms with Crippen LogP contribution in [0.5, 0.6) is 0 Å². The minimum Gasteiger partial charge on any atom is -0.481 e. The van der Waals surface area contributed by atoms with Crippen molar-refractivity contribution in [1.29, 1.82) is 0 Å². The molecule has 4 nitrogen and oxygen atoms in total. The number of aliphatic carboxylic acids is 1. The van der Waals surface area contributed by atoms with Crippen LogP contribution in [0.3, 0.4) is 0 Å². The first-order chi connectivity index (χ1) is 7.01.